The predicted octanol–water partition coefficient (Wildman–Crippen LogP) is 1.02. The Morgan fingerprint density at radius 3 is 2.70 bits per heavy atom. The van der Waals surface area contributed by atoms with Gasteiger partial charge in [0.15, 0.2) is 22.6 Å². The second-order valence-electron chi connectivity index (χ2n) is 5.80. The number of hydrogen-bond acceptors (Lipinski definition) is 6. The zero-order chi connectivity index (χ0) is 17.1. The van der Waals surface area contributed by atoms with Gasteiger partial charge in [0, 0.05) is 23.2 Å². The van der Waals surface area contributed by atoms with Gasteiger partial charge in [-0.15, -0.1) is 11.3 Å². The van der Waals surface area contributed by atoms with Gasteiger partial charge in [-0.25, -0.2) is 13.4 Å². The minimum Gasteiger partial charge on any atom is -0.481 e. The van der Waals surface area contributed by atoms with Crippen LogP contribution < -0.4 is 4.68 Å². The van der Waals surface area contributed by atoms with E-state index in [4.69, 9.17) is 5.11 Å². The molecular formula is C14H18N3O4S2+. The molecule has 0 atom stereocenters. The number of aryl methyl sites for hydroxylation is 1. The molecule has 0 saturated heterocycles. The number of carboxylic acids is 1. The number of aliphatic carboxylic acids is 1. The van der Waals surface area contributed by atoms with Gasteiger partial charge < -0.3 is 5.11 Å². The summed E-state index contributed by atoms with van der Waals surface area (Å²) in [6, 6.07) is 1.82. The first-order valence-corrected chi connectivity index (χ1v) is 9.59. The fraction of sp³-hybridized carbons (Fsp3) is 0.429. The van der Waals surface area contributed by atoms with Gasteiger partial charge in [-0.2, -0.15) is 0 Å². The molecule has 23 heavy (non-hydrogen) atoms. The first-order valence-electron chi connectivity index (χ1n) is 6.89. The molecule has 2 aromatic rings. The van der Waals surface area contributed by atoms with Crippen LogP contribution in [-0.2, 0) is 21.2 Å². The standard InChI is InChI=1S/C14H17N3O4S2/c1-14(2,13(18)19)10-23(20,21)8-6-17-5-3-11(9-16-17)12-15-4-7-22-12/h3-5,7,9H,6,8,10H2,1-2H3/p+1. The van der Waals surface area contributed by atoms with Crippen LogP contribution in [0.4, 0.5) is 0 Å². The minimum absolute atomic E-state index is 0.155. The smallest absolute Gasteiger partial charge is 0.310 e. The number of thiazole rings is 1. The Bertz CT molecular complexity index is 769. The summed E-state index contributed by atoms with van der Waals surface area (Å²) in [4.78, 5) is 15.2. The highest BCUT2D eigenvalue weighted by molar-refractivity contribution is 7.91. The normalized spacial score (nSPS) is 12.3. The molecule has 2 heterocycles. The van der Waals surface area contributed by atoms with Crippen molar-refractivity contribution in [2.45, 2.75) is 20.4 Å². The maximum Gasteiger partial charge on any atom is 0.310 e. The molecule has 0 fully saturated rings. The quantitative estimate of drug-likeness (QED) is 0.743. The van der Waals surface area contributed by atoms with Gasteiger partial charge in [-0.3, -0.25) is 4.79 Å². The van der Waals surface area contributed by atoms with Crippen molar-refractivity contribution in [1.82, 2.24) is 10.1 Å². The number of rotatable bonds is 7. The summed E-state index contributed by atoms with van der Waals surface area (Å²) in [5.41, 5.74) is -0.433. The Labute approximate surface area is 138 Å². The van der Waals surface area contributed by atoms with Crippen molar-refractivity contribution in [3.05, 3.63) is 30.0 Å². The number of nitrogens with zero attached hydrogens (tertiary/aromatic N) is 3. The summed E-state index contributed by atoms with van der Waals surface area (Å²) < 4.78 is 25.6. The van der Waals surface area contributed by atoms with Crippen LogP contribution in [0.5, 0.6) is 0 Å². The molecule has 7 nitrogen and oxygen atoms in total. The van der Waals surface area contributed by atoms with E-state index < -0.39 is 27.0 Å². The fourth-order valence-corrected chi connectivity index (χ4v) is 4.39. The van der Waals surface area contributed by atoms with E-state index in [2.05, 4.69) is 10.1 Å². The van der Waals surface area contributed by atoms with Crippen LogP contribution in [0.2, 0.25) is 0 Å². The summed E-state index contributed by atoms with van der Waals surface area (Å²) in [6.07, 6.45) is 5.03. The Kier molecular flexibility index (Phi) is 5.10. The average molecular weight is 356 g/mol. The van der Waals surface area contributed by atoms with Crippen LogP contribution in [0.1, 0.15) is 13.8 Å². The third-order valence-corrected chi connectivity index (χ3v) is 6.03. The lowest BCUT2D eigenvalue weighted by Crippen LogP contribution is -2.42. The number of aromatic nitrogens is 3. The molecule has 2 aromatic heterocycles. The van der Waals surface area contributed by atoms with Crippen molar-refractivity contribution in [1.29, 1.82) is 0 Å². The monoisotopic (exact) mass is 356 g/mol. The van der Waals surface area contributed by atoms with E-state index in [-0.39, 0.29) is 12.3 Å². The molecule has 0 aliphatic rings. The maximum atomic E-state index is 12.1. The lowest BCUT2D eigenvalue weighted by Gasteiger charge is -2.18. The summed E-state index contributed by atoms with van der Waals surface area (Å²) in [6.45, 7) is 2.98. The van der Waals surface area contributed by atoms with Crippen molar-refractivity contribution >= 4 is 27.1 Å². The first-order chi connectivity index (χ1) is 10.7. The van der Waals surface area contributed by atoms with Gasteiger partial charge in [-0.05, 0) is 18.9 Å². The fourth-order valence-electron chi connectivity index (χ4n) is 1.93. The van der Waals surface area contributed by atoms with Gasteiger partial charge in [0.2, 0.25) is 0 Å². The highest BCUT2D eigenvalue weighted by Gasteiger charge is 2.33. The molecule has 124 valence electrons. The molecule has 0 aliphatic heterocycles. The zero-order valence-electron chi connectivity index (χ0n) is 12.8. The van der Waals surface area contributed by atoms with Gasteiger partial charge in [0.1, 0.15) is 17.0 Å². The van der Waals surface area contributed by atoms with E-state index in [9.17, 15) is 13.2 Å². The zero-order valence-corrected chi connectivity index (χ0v) is 14.5. The summed E-state index contributed by atoms with van der Waals surface area (Å²) in [5, 5.41) is 15.9. The molecule has 0 aromatic carbocycles. The molecule has 2 rings (SSSR count). The largest absolute Gasteiger partial charge is 0.481 e. The van der Waals surface area contributed by atoms with Crippen LogP contribution in [-0.4, -0.2) is 41.1 Å². The van der Waals surface area contributed by atoms with Crippen LogP contribution in [0.15, 0.2) is 30.0 Å². The van der Waals surface area contributed by atoms with Crippen molar-refractivity contribution in [2.75, 3.05) is 11.5 Å². The number of carbonyl (C=O) groups is 1. The van der Waals surface area contributed by atoms with Crippen LogP contribution in [0, 0.1) is 5.41 Å². The second kappa shape index (κ2) is 6.71. The number of carboxylic acid groups (broad SMARTS) is 1. The summed E-state index contributed by atoms with van der Waals surface area (Å²) in [5.74, 6) is -1.68. The molecule has 0 unspecified atom stereocenters. The maximum absolute atomic E-state index is 12.1. The Balaban J connectivity index is 1.99. The summed E-state index contributed by atoms with van der Waals surface area (Å²) in [7, 11) is -3.49. The second-order valence-corrected chi connectivity index (χ2v) is 8.88. The highest BCUT2D eigenvalue weighted by Crippen LogP contribution is 2.19. The van der Waals surface area contributed by atoms with Crippen molar-refractivity contribution in [3.8, 4) is 10.6 Å². The van der Waals surface area contributed by atoms with Crippen LogP contribution in [0.25, 0.3) is 10.6 Å². The molecule has 0 aliphatic carbocycles. The topological polar surface area (TPSA) is 101 Å². The van der Waals surface area contributed by atoms with E-state index >= 15 is 0 Å². The van der Waals surface area contributed by atoms with E-state index in [0.29, 0.717) is 0 Å². The molecular weight excluding hydrogens is 338 g/mol. The number of hydrogen-bond donors (Lipinski definition) is 1. The van der Waals surface area contributed by atoms with Gasteiger partial charge >= 0.3 is 5.97 Å². The van der Waals surface area contributed by atoms with Crippen LogP contribution >= 0.6 is 11.3 Å². The third-order valence-electron chi connectivity index (χ3n) is 3.24. The minimum atomic E-state index is -3.49. The third kappa shape index (κ3) is 4.80. The molecule has 0 spiro atoms. The Morgan fingerprint density at radius 2 is 2.17 bits per heavy atom. The first kappa shape index (κ1) is 17.5. The highest BCUT2D eigenvalue weighted by atomic mass is 32.2. The Morgan fingerprint density at radius 1 is 1.43 bits per heavy atom. The van der Waals surface area contributed by atoms with E-state index in [1.165, 1.54) is 29.9 Å². The molecule has 0 amide bonds. The summed E-state index contributed by atoms with van der Waals surface area (Å²) >= 11 is 1.50. The molecule has 0 saturated carbocycles. The lowest BCUT2D eigenvalue weighted by atomic mass is 9.97. The van der Waals surface area contributed by atoms with E-state index in [0.717, 1.165) is 10.6 Å². The van der Waals surface area contributed by atoms with Gasteiger partial charge in [0.25, 0.3) is 0 Å². The molecule has 0 radical (unpaired) electrons. The van der Waals surface area contributed by atoms with Crippen LogP contribution in [0.3, 0.4) is 0 Å². The lowest BCUT2D eigenvalue weighted by molar-refractivity contribution is -0.749. The predicted molar refractivity (Wildman–Crippen MR) is 85.6 cm³/mol. The number of sulfone groups is 1. The molecule has 1 N–H and O–H groups in total. The van der Waals surface area contributed by atoms with Gasteiger partial charge in [0.05, 0.1) is 11.2 Å². The average Bonchev–Trinajstić information content (AvgIpc) is 2.99. The van der Waals surface area contributed by atoms with Gasteiger partial charge in [-0.1, -0.05) is 4.68 Å². The molecule has 9 heteroatoms. The van der Waals surface area contributed by atoms with Crippen molar-refractivity contribution in [3.63, 3.8) is 0 Å². The van der Waals surface area contributed by atoms with E-state index in [1.807, 2.05) is 11.4 Å². The van der Waals surface area contributed by atoms with Crippen molar-refractivity contribution in [2.24, 2.45) is 5.41 Å². The molecule has 0 bridgehead atoms. The Hall–Kier alpha value is -1.87. The SMILES string of the molecule is CC(C)(CS(=O)(=O)CC[n+]1ccc(-c2nccs2)cn1)C(=O)O. The van der Waals surface area contributed by atoms with Crippen molar-refractivity contribution < 1.29 is 23.0 Å². The van der Waals surface area contributed by atoms with E-state index in [1.54, 1.807) is 18.6 Å².